The minimum absolute atomic E-state index is 0.109. The molecule has 5 atom stereocenters. The number of Topliss-reactive ketones (excluding diaryl/α,β-unsaturated/α-hetero) is 1. The summed E-state index contributed by atoms with van der Waals surface area (Å²) in [7, 11) is 2.93. The Morgan fingerprint density at radius 2 is 2.07 bits per heavy atom. The first kappa shape index (κ1) is 18.1. The fraction of sp³-hybridized carbons (Fsp3) is 0.476. The number of ether oxygens (including phenoxy) is 4. The highest BCUT2D eigenvalue weighted by Crippen LogP contribution is 2.64. The van der Waals surface area contributed by atoms with Crippen LogP contribution in [0.25, 0.3) is 0 Å². The summed E-state index contributed by atoms with van der Waals surface area (Å²) in [6.07, 6.45) is 3.00. The van der Waals surface area contributed by atoms with E-state index in [-0.39, 0.29) is 30.2 Å². The SMILES string of the molecule is C=CC[C@]12C=C(OC)C(=O)[C@](OC)([C@H](c3ccc4c(c3)OCO4)[C@H]1C)[C@H]2O. The second-order valence-corrected chi connectivity index (χ2v) is 7.43. The molecule has 6 nitrogen and oxygen atoms in total. The zero-order chi connectivity index (χ0) is 19.4. The van der Waals surface area contributed by atoms with E-state index in [1.807, 2.05) is 25.1 Å². The minimum atomic E-state index is -1.43. The smallest absolute Gasteiger partial charge is 0.232 e. The average Bonchev–Trinajstić information content (AvgIpc) is 3.18. The third-order valence-electron chi connectivity index (χ3n) is 6.51. The molecule has 6 heteroatoms. The molecule has 1 aromatic rings. The number of carbonyl (C=O) groups is 1. The lowest BCUT2D eigenvalue weighted by atomic mass is 9.70. The molecule has 0 radical (unpaired) electrons. The molecule has 0 spiro atoms. The number of carbonyl (C=O) groups excluding carboxylic acids is 1. The standard InChI is InChI=1S/C21H24O6/c1-5-8-20-10-16(24-3)18(22)21(25-4,19(20)23)17(12(20)2)13-6-7-14-15(9-13)27-11-26-14/h5-7,9-10,12,17,19,23H,1,8,11H2,2-4H3/t12-,17+,19+,20+,21-/m1/s1. The van der Waals surface area contributed by atoms with Crippen molar-refractivity contribution < 1.29 is 28.8 Å². The van der Waals surface area contributed by atoms with Crippen molar-refractivity contribution in [1.82, 2.24) is 0 Å². The van der Waals surface area contributed by atoms with Gasteiger partial charge in [-0.1, -0.05) is 19.1 Å². The van der Waals surface area contributed by atoms with Crippen molar-refractivity contribution in [2.75, 3.05) is 21.0 Å². The highest BCUT2D eigenvalue weighted by atomic mass is 16.7. The summed E-state index contributed by atoms with van der Waals surface area (Å²) in [5, 5.41) is 11.4. The van der Waals surface area contributed by atoms with Gasteiger partial charge in [0.15, 0.2) is 22.9 Å². The number of allylic oxidation sites excluding steroid dienone is 1. The highest BCUT2D eigenvalue weighted by molar-refractivity contribution is 6.04. The Hall–Kier alpha value is -2.31. The monoisotopic (exact) mass is 372 g/mol. The second kappa shape index (κ2) is 6.11. The zero-order valence-corrected chi connectivity index (χ0v) is 15.7. The first-order valence-electron chi connectivity index (χ1n) is 9.01. The zero-order valence-electron chi connectivity index (χ0n) is 15.7. The van der Waals surface area contributed by atoms with Gasteiger partial charge in [0, 0.05) is 18.4 Å². The Bertz CT molecular complexity index is 830. The molecule has 0 amide bonds. The summed E-state index contributed by atoms with van der Waals surface area (Å²) in [5.74, 6) is 0.686. The van der Waals surface area contributed by atoms with E-state index in [2.05, 4.69) is 6.58 Å². The van der Waals surface area contributed by atoms with Crippen LogP contribution < -0.4 is 9.47 Å². The summed E-state index contributed by atoms with van der Waals surface area (Å²) >= 11 is 0. The van der Waals surface area contributed by atoms with Gasteiger partial charge in [-0.25, -0.2) is 0 Å². The second-order valence-electron chi connectivity index (χ2n) is 7.43. The summed E-state index contributed by atoms with van der Waals surface area (Å²) < 4.78 is 22.1. The van der Waals surface area contributed by atoms with E-state index >= 15 is 0 Å². The highest BCUT2D eigenvalue weighted by Gasteiger charge is 2.72. The Morgan fingerprint density at radius 3 is 2.74 bits per heavy atom. The molecule has 1 heterocycles. The molecule has 0 unspecified atom stereocenters. The van der Waals surface area contributed by atoms with E-state index in [0.29, 0.717) is 17.9 Å². The van der Waals surface area contributed by atoms with Crippen LogP contribution in [0.1, 0.15) is 24.8 Å². The quantitative estimate of drug-likeness (QED) is 0.801. The Kier molecular flexibility index (Phi) is 4.09. The van der Waals surface area contributed by atoms with E-state index in [4.69, 9.17) is 18.9 Å². The van der Waals surface area contributed by atoms with Gasteiger partial charge in [-0.15, -0.1) is 6.58 Å². The fourth-order valence-electron chi connectivity index (χ4n) is 5.21. The van der Waals surface area contributed by atoms with E-state index < -0.39 is 17.1 Å². The molecule has 1 aliphatic heterocycles. The van der Waals surface area contributed by atoms with Crippen LogP contribution in [0.3, 0.4) is 0 Å². The van der Waals surface area contributed by atoms with Crippen LogP contribution in [0.4, 0.5) is 0 Å². The van der Waals surface area contributed by atoms with Gasteiger partial charge in [-0.2, -0.15) is 0 Å². The maximum Gasteiger partial charge on any atom is 0.232 e. The van der Waals surface area contributed by atoms with Crippen molar-refractivity contribution >= 4 is 5.78 Å². The molecule has 1 saturated carbocycles. The molecule has 2 aliphatic carbocycles. The predicted molar refractivity (Wildman–Crippen MR) is 97.6 cm³/mol. The number of methoxy groups -OCH3 is 2. The van der Waals surface area contributed by atoms with Crippen molar-refractivity contribution in [2.24, 2.45) is 11.3 Å². The molecule has 144 valence electrons. The van der Waals surface area contributed by atoms with Crippen molar-refractivity contribution in [3.63, 3.8) is 0 Å². The third kappa shape index (κ3) is 2.11. The van der Waals surface area contributed by atoms with Gasteiger partial charge in [-0.3, -0.25) is 4.79 Å². The first-order valence-corrected chi connectivity index (χ1v) is 9.01. The number of hydrogen-bond acceptors (Lipinski definition) is 6. The topological polar surface area (TPSA) is 74.2 Å². The molecule has 4 rings (SSSR count). The van der Waals surface area contributed by atoms with Crippen LogP contribution in [0.15, 0.2) is 42.7 Å². The summed E-state index contributed by atoms with van der Waals surface area (Å²) in [6, 6.07) is 5.61. The van der Waals surface area contributed by atoms with Gasteiger partial charge < -0.3 is 24.1 Å². The molecule has 0 saturated heterocycles. The summed E-state index contributed by atoms with van der Waals surface area (Å²) in [5.41, 5.74) is -1.29. The van der Waals surface area contributed by atoms with Crippen molar-refractivity contribution in [1.29, 1.82) is 0 Å². The Labute approximate surface area is 158 Å². The lowest BCUT2D eigenvalue weighted by Gasteiger charge is -2.41. The number of benzene rings is 1. The number of aliphatic hydroxyl groups is 1. The van der Waals surface area contributed by atoms with Crippen molar-refractivity contribution in [3.8, 4) is 11.5 Å². The van der Waals surface area contributed by atoms with Gasteiger partial charge in [0.05, 0.1) is 7.11 Å². The molecule has 27 heavy (non-hydrogen) atoms. The minimum Gasteiger partial charge on any atom is -0.493 e. The largest absolute Gasteiger partial charge is 0.493 e. The lowest BCUT2D eigenvalue weighted by molar-refractivity contribution is -0.162. The van der Waals surface area contributed by atoms with Crippen LogP contribution in [0.5, 0.6) is 11.5 Å². The number of rotatable bonds is 5. The molecule has 1 N–H and O–H groups in total. The van der Waals surface area contributed by atoms with Gasteiger partial charge in [0.25, 0.3) is 0 Å². The molecule has 1 aromatic carbocycles. The van der Waals surface area contributed by atoms with E-state index in [1.54, 1.807) is 12.2 Å². The lowest BCUT2D eigenvalue weighted by Crippen LogP contribution is -2.57. The summed E-state index contributed by atoms with van der Waals surface area (Å²) in [6.45, 7) is 6.06. The van der Waals surface area contributed by atoms with Gasteiger partial charge in [0.1, 0.15) is 6.10 Å². The van der Waals surface area contributed by atoms with E-state index in [9.17, 15) is 9.90 Å². The number of aliphatic hydroxyl groups excluding tert-OH is 1. The number of ketones is 1. The normalized spacial score (nSPS) is 36.5. The fourth-order valence-corrected chi connectivity index (χ4v) is 5.21. The number of hydrogen-bond donors (Lipinski definition) is 1. The molecule has 2 bridgehead atoms. The van der Waals surface area contributed by atoms with E-state index in [0.717, 1.165) is 5.56 Å². The molecule has 3 aliphatic rings. The predicted octanol–water partition coefficient (Wildman–Crippen LogP) is 2.57. The van der Waals surface area contributed by atoms with Crippen LogP contribution in [-0.4, -0.2) is 43.6 Å². The maximum atomic E-state index is 13.3. The van der Waals surface area contributed by atoms with E-state index in [1.165, 1.54) is 14.2 Å². The third-order valence-corrected chi connectivity index (χ3v) is 6.51. The first-order chi connectivity index (χ1) is 13.0. The molecular weight excluding hydrogens is 348 g/mol. The van der Waals surface area contributed by atoms with Crippen LogP contribution in [0.2, 0.25) is 0 Å². The van der Waals surface area contributed by atoms with Crippen molar-refractivity contribution in [3.05, 3.63) is 48.3 Å². The summed E-state index contributed by atoms with van der Waals surface area (Å²) in [4.78, 5) is 13.3. The molecule has 1 fully saturated rings. The maximum absolute atomic E-state index is 13.3. The van der Waals surface area contributed by atoms with Crippen LogP contribution in [-0.2, 0) is 14.3 Å². The van der Waals surface area contributed by atoms with Crippen LogP contribution in [0, 0.1) is 11.3 Å². The van der Waals surface area contributed by atoms with Gasteiger partial charge in [0.2, 0.25) is 12.6 Å². The van der Waals surface area contributed by atoms with Gasteiger partial charge in [-0.05, 0) is 36.1 Å². The molecule has 0 aromatic heterocycles. The van der Waals surface area contributed by atoms with Crippen LogP contribution >= 0.6 is 0 Å². The van der Waals surface area contributed by atoms with Crippen molar-refractivity contribution in [2.45, 2.75) is 31.0 Å². The number of fused-ring (bicyclic) bond motifs is 3. The average molecular weight is 372 g/mol. The Balaban J connectivity index is 1.93. The molecular formula is C21H24O6. The Morgan fingerprint density at radius 1 is 1.33 bits per heavy atom. The van der Waals surface area contributed by atoms with Gasteiger partial charge >= 0.3 is 0 Å².